The third kappa shape index (κ3) is 4.86. The van der Waals surface area contributed by atoms with Crippen molar-refractivity contribution in [2.75, 3.05) is 7.11 Å². The molecule has 2 aromatic heterocycles. The first-order valence-corrected chi connectivity index (χ1v) is 11.0. The van der Waals surface area contributed by atoms with E-state index in [1.54, 1.807) is 18.4 Å². The van der Waals surface area contributed by atoms with Gasteiger partial charge in [0.2, 0.25) is 0 Å². The molecule has 4 aromatic rings. The number of rotatable bonds is 7. The second-order valence-corrected chi connectivity index (χ2v) is 8.29. The Balaban J connectivity index is 1.70. The average molecular weight is 469 g/mol. The number of hydrogen-bond acceptors (Lipinski definition) is 4. The maximum atomic E-state index is 5.34. The number of imidazole rings is 1. The molecule has 0 radical (unpaired) electrons. The van der Waals surface area contributed by atoms with Gasteiger partial charge < -0.3 is 13.9 Å². The molecule has 0 atom stereocenters. The first kappa shape index (κ1) is 19.7. The zero-order chi connectivity index (χ0) is 20.1. The summed E-state index contributed by atoms with van der Waals surface area (Å²) in [7, 11) is 1.67. The Labute approximate surface area is 182 Å². The molecular formula is C22H21BrN4OS. The molecule has 0 saturated carbocycles. The number of aromatic nitrogens is 3. The molecule has 0 aliphatic heterocycles. The fraction of sp³-hybridized carbons (Fsp3) is 0.182. The lowest BCUT2D eigenvalue weighted by molar-refractivity contribution is 0.415. The van der Waals surface area contributed by atoms with Crippen molar-refractivity contribution in [1.82, 2.24) is 14.1 Å². The lowest BCUT2D eigenvalue weighted by Crippen LogP contribution is -2.17. The van der Waals surface area contributed by atoms with Crippen LogP contribution in [0.3, 0.4) is 0 Å². The molecule has 29 heavy (non-hydrogen) atoms. The normalized spacial score (nSPS) is 11.7. The molecule has 0 unspecified atom stereocenters. The van der Waals surface area contributed by atoms with E-state index in [0.717, 1.165) is 40.2 Å². The standard InChI is InChI=1S/C22H21BrN4OS/c1-28-20-8-3-7-19(14-20)25-22-27(11-4-10-26-12-9-24-16-26)21(15-29-22)17-5-2-6-18(23)13-17/h2-3,5-9,12-16H,4,10-11H2,1H3. The maximum absolute atomic E-state index is 5.34. The van der Waals surface area contributed by atoms with Gasteiger partial charge >= 0.3 is 0 Å². The van der Waals surface area contributed by atoms with Gasteiger partial charge in [-0.05, 0) is 30.7 Å². The summed E-state index contributed by atoms with van der Waals surface area (Å²) in [5.74, 6) is 0.807. The monoisotopic (exact) mass is 468 g/mol. The summed E-state index contributed by atoms with van der Waals surface area (Å²) >= 11 is 5.24. The Hall–Kier alpha value is -2.64. The lowest BCUT2D eigenvalue weighted by Gasteiger charge is -2.10. The van der Waals surface area contributed by atoms with Gasteiger partial charge in [0, 0.05) is 47.0 Å². The highest BCUT2D eigenvalue weighted by Gasteiger charge is 2.09. The molecule has 0 bridgehead atoms. The molecular weight excluding hydrogens is 448 g/mol. The van der Waals surface area contributed by atoms with Crippen molar-refractivity contribution in [3.63, 3.8) is 0 Å². The van der Waals surface area contributed by atoms with Crippen LogP contribution in [0.25, 0.3) is 11.3 Å². The van der Waals surface area contributed by atoms with Gasteiger partial charge in [0.15, 0.2) is 4.80 Å². The Bertz CT molecular complexity index is 1150. The van der Waals surface area contributed by atoms with Crippen LogP contribution >= 0.6 is 27.3 Å². The lowest BCUT2D eigenvalue weighted by atomic mass is 10.2. The molecule has 0 aliphatic carbocycles. The number of benzene rings is 2. The molecule has 2 heterocycles. The molecule has 148 valence electrons. The SMILES string of the molecule is COc1cccc(N=c2scc(-c3cccc(Br)c3)n2CCCn2ccnc2)c1. The third-order valence-electron chi connectivity index (χ3n) is 4.55. The van der Waals surface area contributed by atoms with E-state index >= 15 is 0 Å². The topological polar surface area (TPSA) is 44.3 Å². The number of aryl methyl sites for hydroxylation is 1. The van der Waals surface area contributed by atoms with Crippen LogP contribution in [0.1, 0.15) is 6.42 Å². The summed E-state index contributed by atoms with van der Waals surface area (Å²) in [5.41, 5.74) is 3.23. The summed E-state index contributed by atoms with van der Waals surface area (Å²) in [6.45, 7) is 1.78. The molecule has 0 aliphatic rings. The Morgan fingerprint density at radius 3 is 2.83 bits per heavy atom. The highest BCUT2D eigenvalue weighted by molar-refractivity contribution is 9.10. The van der Waals surface area contributed by atoms with Crippen molar-refractivity contribution < 1.29 is 4.74 Å². The van der Waals surface area contributed by atoms with Crippen molar-refractivity contribution in [3.8, 4) is 17.0 Å². The van der Waals surface area contributed by atoms with E-state index < -0.39 is 0 Å². The van der Waals surface area contributed by atoms with Crippen molar-refractivity contribution in [2.24, 2.45) is 4.99 Å². The van der Waals surface area contributed by atoms with Crippen LogP contribution in [0, 0.1) is 0 Å². The van der Waals surface area contributed by atoms with Gasteiger partial charge in [-0.15, -0.1) is 11.3 Å². The Kier molecular flexibility index (Phi) is 6.27. The van der Waals surface area contributed by atoms with Gasteiger partial charge in [-0.25, -0.2) is 9.98 Å². The van der Waals surface area contributed by atoms with Crippen LogP contribution in [0.4, 0.5) is 5.69 Å². The molecule has 0 saturated heterocycles. The zero-order valence-corrected chi connectivity index (χ0v) is 18.4. The van der Waals surface area contributed by atoms with Gasteiger partial charge in [-0.3, -0.25) is 0 Å². The fourth-order valence-electron chi connectivity index (χ4n) is 3.13. The molecule has 2 aromatic carbocycles. The number of nitrogens with zero attached hydrogens (tertiary/aromatic N) is 4. The summed E-state index contributed by atoms with van der Waals surface area (Å²) in [6, 6.07) is 16.2. The number of thiazole rings is 1. The molecule has 0 fully saturated rings. The van der Waals surface area contributed by atoms with Crippen LogP contribution in [0.2, 0.25) is 0 Å². The van der Waals surface area contributed by atoms with Gasteiger partial charge in [0.25, 0.3) is 0 Å². The average Bonchev–Trinajstić information content (AvgIpc) is 3.39. The summed E-state index contributed by atoms with van der Waals surface area (Å²) in [6.07, 6.45) is 6.65. The molecule has 7 heteroatoms. The van der Waals surface area contributed by atoms with Crippen molar-refractivity contribution in [3.05, 3.63) is 81.9 Å². The first-order chi connectivity index (χ1) is 14.2. The van der Waals surface area contributed by atoms with Gasteiger partial charge in [-0.1, -0.05) is 34.1 Å². The maximum Gasteiger partial charge on any atom is 0.190 e. The number of halogens is 1. The predicted molar refractivity (Wildman–Crippen MR) is 121 cm³/mol. The summed E-state index contributed by atoms with van der Waals surface area (Å²) in [4.78, 5) is 10.0. The van der Waals surface area contributed by atoms with E-state index in [1.807, 2.05) is 49.1 Å². The smallest absolute Gasteiger partial charge is 0.190 e. The molecule has 0 amide bonds. The Morgan fingerprint density at radius 1 is 1.14 bits per heavy atom. The zero-order valence-electron chi connectivity index (χ0n) is 16.0. The van der Waals surface area contributed by atoms with Crippen LogP contribution < -0.4 is 9.54 Å². The van der Waals surface area contributed by atoms with Gasteiger partial charge in [0.05, 0.1) is 24.8 Å². The molecule has 5 nitrogen and oxygen atoms in total. The second kappa shape index (κ2) is 9.24. The number of methoxy groups -OCH3 is 1. The predicted octanol–water partition coefficient (Wildman–Crippen LogP) is 5.51. The van der Waals surface area contributed by atoms with Crippen molar-refractivity contribution in [1.29, 1.82) is 0 Å². The van der Waals surface area contributed by atoms with E-state index in [2.05, 4.69) is 53.6 Å². The van der Waals surface area contributed by atoms with E-state index in [-0.39, 0.29) is 0 Å². The minimum Gasteiger partial charge on any atom is -0.497 e. The van der Waals surface area contributed by atoms with E-state index in [4.69, 9.17) is 9.73 Å². The fourth-order valence-corrected chi connectivity index (χ4v) is 4.49. The molecule has 0 N–H and O–H groups in total. The van der Waals surface area contributed by atoms with E-state index in [9.17, 15) is 0 Å². The summed E-state index contributed by atoms with van der Waals surface area (Å²) < 4.78 is 10.8. The first-order valence-electron chi connectivity index (χ1n) is 9.32. The number of ether oxygens (including phenoxy) is 1. The largest absolute Gasteiger partial charge is 0.497 e. The minimum absolute atomic E-state index is 0.807. The van der Waals surface area contributed by atoms with E-state index in [0.29, 0.717) is 0 Å². The highest BCUT2D eigenvalue weighted by atomic mass is 79.9. The Morgan fingerprint density at radius 2 is 2.03 bits per heavy atom. The van der Waals surface area contributed by atoms with Crippen molar-refractivity contribution in [2.45, 2.75) is 19.5 Å². The van der Waals surface area contributed by atoms with Crippen LogP contribution in [0.15, 0.2) is 82.1 Å². The quantitative estimate of drug-likeness (QED) is 0.359. The minimum atomic E-state index is 0.807. The highest BCUT2D eigenvalue weighted by Crippen LogP contribution is 2.25. The van der Waals surface area contributed by atoms with Crippen LogP contribution in [0.5, 0.6) is 5.75 Å². The molecule has 4 rings (SSSR count). The van der Waals surface area contributed by atoms with Gasteiger partial charge in [0.1, 0.15) is 5.75 Å². The van der Waals surface area contributed by atoms with Crippen LogP contribution in [-0.4, -0.2) is 21.2 Å². The summed E-state index contributed by atoms with van der Waals surface area (Å²) in [5, 5.41) is 2.18. The second-order valence-electron chi connectivity index (χ2n) is 6.53. The third-order valence-corrected chi connectivity index (χ3v) is 5.91. The van der Waals surface area contributed by atoms with Crippen LogP contribution in [-0.2, 0) is 13.1 Å². The van der Waals surface area contributed by atoms with E-state index in [1.165, 1.54) is 11.3 Å². The van der Waals surface area contributed by atoms with Gasteiger partial charge in [-0.2, -0.15) is 0 Å². The molecule has 0 spiro atoms. The number of hydrogen-bond donors (Lipinski definition) is 0. The van der Waals surface area contributed by atoms with Crippen molar-refractivity contribution >= 4 is 33.0 Å².